The number of carboxylic acids is 1. The van der Waals surface area contributed by atoms with E-state index < -0.39 is 5.97 Å². The first-order valence-corrected chi connectivity index (χ1v) is 6.73. The van der Waals surface area contributed by atoms with Gasteiger partial charge in [0.2, 0.25) is 0 Å². The molecule has 0 aromatic heterocycles. The fourth-order valence-corrected chi connectivity index (χ4v) is 2.47. The van der Waals surface area contributed by atoms with E-state index in [0.717, 1.165) is 25.9 Å². The monoisotopic (exact) mass is 254 g/mol. The topological polar surface area (TPSA) is 60.9 Å². The van der Waals surface area contributed by atoms with Crippen LogP contribution in [0.4, 0.5) is 4.79 Å². The number of urea groups is 1. The van der Waals surface area contributed by atoms with E-state index in [1.165, 1.54) is 4.90 Å². The summed E-state index contributed by atoms with van der Waals surface area (Å²) in [6, 6.07) is -0.0968. The molecule has 0 radical (unpaired) electrons. The van der Waals surface area contributed by atoms with Crippen molar-refractivity contribution in [3.05, 3.63) is 0 Å². The van der Waals surface area contributed by atoms with Crippen LogP contribution in [0.2, 0.25) is 0 Å². The molecule has 18 heavy (non-hydrogen) atoms. The van der Waals surface area contributed by atoms with E-state index in [2.05, 4.69) is 13.8 Å². The van der Waals surface area contributed by atoms with Gasteiger partial charge in [-0.25, -0.2) is 4.79 Å². The second-order valence-electron chi connectivity index (χ2n) is 5.86. The van der Waals surface area contributed by atoms with Crippen LogP contribution in [0.3, 0.4) is 0 Å². The molecule has 0 spiro atoms. The van der Waals surface area contributed by atoms with E-state index in [4.69, 9.17) is 5.11 Å². The molecule has 1 aliphatic heterocycles. The molecule has 0 bridgehead atoms. The maximum absolute atomic E-state index is 12.3. The van der Waals surface area contributed by atoms with Gasteiger partial charge in [0.15, 0.2) is 0 Å². The summed E-state index contributed by atoms with van der Waals surface area (Å²) in [4.78, 5) is 26.5. The number of rotatable bonds is 4. The van der Waals surface area contributed by atoms with Crippen molar-refractivity contribution in [3.8, 4) is 0 Å². The van der Waals surface area contributed by atoms with Gasteiger partial charge in [0.25, 0.3) is 0 Å². The van der Waals surface area contributed by atoms with Gasteiger partial charge in [0, 0.05) is 19.6 Å². The third-order valence-corrected chi connectivity index (χ3v) is 4.03. The van der Waals surface area contributed by atoms with Gasteiger partial charge < -0.3 is 14.9 Å². The first-order chi connectivity index (χ1) is 8.47. The molecule has 5 heteroatoms. The maximum Gasteiger partial charge on any atom is 0.323 e. The Hall–Kier alpha value is -1.26. The van der Waals surface area contributed by atoms with Crippen LogP contribution in [-0.2, 0) is 4.79 Å². The molecule has 1 saturated carbocycles. The minimum atomic E-state index is -0.927. The van der Waals surface area contributed by atoms with E-state index in [1.807, 2.05) is 0 Å². The zero-order chi connectivity index (χ0) is 13.3. The number of hydrogen-bond donors (Lipinski definition) is 1. The molecule has 1 saturated heterocycles. The highest BCUT2D eigenvalue weighted by Crippen LogP contribution is 2.30. The summed E-state index contributed by atoms with van der Waals surface area (Å²) in [5.41, 5.74) is 0. The zero-order valence-electron chi connectivity index (χ0n) is 11.1. The summed E-state index contributed by atoms with van der Waals surface area (Å²) < 4.78 is 0. The van der Waals surface area contributed by atoms with Crippen LogP contribution in [0.25, 0.3) is 0 Å². The lowest BCUT2D eigenvalue weighted by Crippen LogP contribution is -2.45. The fraction of sp³-hybridized carbons (Fsp3) is 0.846. The first-order valence-electron chi connectivity index (χ1n) is 6.73. The molecule has 102 valence electrons. The van der Waals surface area contributed by atoms with Crippen molar-refractivity contribution < 1.29 is 14.7 Å². The molecule has 0 aromatic rings. The summed E-state index contributed by atoms with van der Waals surface area (Å²) in [6.07, 6.45) is 2.24. The van der Waals surface area contributed by atoms with Crippen molar-refractivity contribution in [1.29, 1.82) is 0 Å². The van der Waals surface area contributed by atoms with Crippen molar-refractivity contribution >= 4 is 12.0 Å². The van der Waals surface area contributed by atoms with E-state index in [0.29, 0.717) is 24.3 Å². The summed E-state index contributed by atoms with van der Waals surface area (Å²) in [5.74, 6) is 0.596. The van der Waals surface area contributed by atoms with Gasteiger partial charge in [-0.2, -0.15) is 0 Å². The Kier molecular flexibility index (Phi) is 3.78. The lowest BCUT2D eigenvalue weighted by molar-refractivity contribution is -0.137. The normalized spacial score (nSPS) is 27.3. The molecule has 2 unspecified atom stereocenters. The van der Waals surface area contributed by atoms with Crippen molar-refractivity contribution in [2.75, 3.05) is 26.2 Å². The fourth-order valence-electron chi connectivity index (χ4n) is 2.47. The molecule has 2 fully saturated rings. The maximum atomic E-state index is 12.3. The van der Waals surface area contributed by atoms with Crippen LogP contribution >= 0.6 is 0 Å². The van der Waals surface area contributed by atoms with Gasteiger partial charge in [-0.15, -0.1) is 0 Å². The number of carboxylic acid groups (broad SMARTS) is 1. The number of carbonyl (C=O) groups is 2. The highest BCUT2D eigenvalue weighted by Gasteiger charge is 2.34. The third kappa shape index (κ3) is 3.15. The van der Waals surface area contributed by atoms with Gasteiger partial charge in [0.05, 0.1) is 0 Å². The first kappa shape index (κ1) is 13.2. The van der Waals surface area contributed by atoms with Gasteiger partial charge in [-0.1, -0.05) is 13.8 Å². The molecular weight excluding hydrogens is 232 g/mol. The number of likely N-dealkylation sites (tertiary alicyclic amines) is 1. The Morgan fingerprint density at radius 3 is 2.22 bits per heavy atom. The third-order valence-electron chi connectivity index (χ3n) is 4.03. The lowest BCUT2D eigenvalue weighted by atomic mass is 10.0. The predicted octanol–water partition coefficient (Wildman–Crippen LogP) is 1.49. The Bertz CT molecular complexity index is 331. The standard InChI is InChI=1S/C13H22N2O3/c1-9-5-14(6-10(9)2)13(18)15(8-12(16)17)7-11-3-4-11/h9-11H,3-8H2,1-2H3,(H,16,17). The van der Waals surface area contributed by atoms with E-state index in [-0.39, 0.29) is 12.6 Å². The molecule has 0 aromatic carbocycles. The van der Waals surface area contributed by atoms with Gasteiger partial charge in [0.1, 0.15) is 6.54 Å². The van der Waals surface area contributed by atoms with E-state index in [1.54, 1.807) is 4.90 Å². The Morgan fingerprint density at radius 2 is 1.78 bits per heavy atom. The van der Waals surface area contributed by atoms with Crippen LogP contribution in [0.5, 0.6) is 0 Å². The highest BCUT2D eigenvalue weighted by molar-refractivity contribution is 5.80. The second-order valence-corrected chi connectivity index (χ2v) is 5.86. The molecule has 2 aliphatic rings. The number of hydrogen-bond acceptors (Lipinski definition) is 2. The molecule has 2 rings (SSSR count). The Labute approximate surface area is 108 Å². The van der Waals surface area contributed by atoms with E-state index in [9.17, 15) is 9.59 Å². The van der Waals surface area contributed by atoms with Crippen LogP contribution in [0.15, 0.2) is 0 Å². The van der Waals surface area contributed by atoms with Crippen LogP contribution < -0.4 is 0 Å². The molecule has 5 nitrogen and oxygen atoms in total. The van der Waals surface area contributed by atoms with Crippen LogP contribution in [-0.4, -0.2) is 53.1 Å². The highest BCUT2D eigenvalue weighted by atomic mass is 16.4. The summed E-state index contributed by atoms with van der Waals surface area (Å²) in [7, 11) is 0. The second kappa shape index (κ2) is 5.16. The number of carbonyl (C=O) groups excluding carboxylic acids is 1. The van der Waals surface area contributed by atoms with Crippen molar-refractivity contribution in [2.45, 2.75) is 26.7 Å². The summed E-state index contributed by atoms with van der Waals surface area (Å²) >= 11 is 0. The largest absolute Gasteiger partial charge is 0.480 e. The molecule has 1 N–H and O–H groups in total. The minimum Gasteiger partial charge on any atom is -0.480 e. The van der Waals surface area contributed by atoms with Gasteiger partial charge in [-0.3, -0.25) is 4.79 Å². The average Bonchev–Trinajstić information content (AvgIpc) is 3.03. The number of amides is 2. The van der Waals surface area contributed by atoms with Crippen LogP contribution in [0, 0.1) is 17.8 Å². The summed E-state index contributed by atoms with van der Waals surface area (Å²) in [6.45, 7) is 6.21. The minimum absolute atomic E-state index is 0.0968. The molecule has 1 heterocycles. The summed E-state index contributed by atoms with van der Waals surface area (Å²) in [5, 5.41) is 8.90. The molecule has 1 aliphatic carbocycles. The van der Waals surface area contributed by atoms with E-state index >= 15 is 0 Å². The number of aliphatic carboxylic acids is 1. The quantitative estimate of drug-likeness (QED) is 0.827. The van der Waals surface area contributed by atoms with Crippen molar-refractivity contribution in [2.24, 2.45) is 17.8 Å². The molecule has 2 amide bonds. The lowest BCUT2D eigenvalue weighted by Gasteiger charge is -2.27. The predicted molar refractivity (Wildman–Crippen MR) is 67.2 cm³/mol. The Balaban J connectivity index is 1.95. The number of nitrogens with zero attached hydrogens (tertiary/aromatic N) is 2. The van der Waals surface area contributed by atoms with Gasteiger partial charge >= 0.3 is 12.0 Å². The van der Waals surface area contributed by atoms with Crippen molar-refractivity contribution in [1.82, 2.24) is 9.80 Å². The Morgan fingerprint density at radius 1 is 1.22 bits per heavy atom. The average molecular weight is 254 g/mol. The van der Waals surface area contributed by atoms with Gasteiger partial charge in [-0.05, 0) is 30.6 Å². The zero-order valence-corrected chi connectivity index (χ0v) is 11.1. The van der Waals surface area contributed by atoms with Crippen LogP contribution in [0.1, 0.15) is 26.7 Å². The molecule has 2 atom stereocenters. The smallest absolute Gasteiger partial charge is 0.323 e. The molecular formula is C13H22N2O3. The SMILES string of the molecule is CC1CN(C(=O)N(CC(=O)O)CC2CC2)CC1C. The van der Waals surface area contributed by atoms with Crippen molar-refractivity contribution in [3.63, 3.8) is 0 Å².